The topological polar surface area (TPSA) is 67.5 Å². The zero-order valence-electron chi connectivity index (χ0n) is 12.7. The number of hydrogen-bond donors (Lipinski definition) is 3. The number of benzene rings is 1. The van der Waals surface area contributed by atoms with Crippen LogP contribution >= 0.6 is 0 Å². The van der Waals surface area contributed by atoms with Gasteiger partial charge in [0, 0.05) is 24.7 Å². The highest BCUT2D eigenvalue weighted by molar-refractivity contribution is 5.13. The van der Waals surface area contributed by atoms with Gasteiger partial charge in [-0.05, 0) is 17.9 Å². The molecule has 0 amide bonds. The van der Waals surface area contributed by atoms with E-state index >= 15 is 0 Å². The number of nitrogens with two attached hydrogens (primary N) is 1. The Bertz CT molecular complexity index is 447. The number of allylic oxidation sites excluding steroid dienone is 1. The molecule has 0 bridgehead atoms. The Kier molecular flexibility index (Phi) is 6.23. The smallest absolute Gasteiger partial charge is 0.0945 e. The molecule has 4 heteroatoms. The van der Waals surface area contributed by atoms with Gasteiger partial charge in [-0.25, -0.2) is 0 Å². The number of aliphatic hydroxyl groups excluding tert-OH is 1. The van der Waals surface area contributed by atoms with E-state index in [1.807, 2.05) is 30.3 Å². The average Bonchev–Trinajstić information content (AvgIpc) is 2.49. The van der Waals surface area contributed by atoms with Crippen molar-refractivity contribution < 1.29 is 9.84 Å². The van der Waals surface area contributed by atoms with E-state index < -0.39 is 6.10 Å². The summed E-state index contributed by atoms with van der Waals surface area (Å²) >= 11 is 0. The first-order chi connectivity index (χ1) is 10.1. The molecule has 1 aromatic carbocycles. The van der Waals surface area contributed by atoms with Crippen LogP contribution in [0.5, 0.6) is 0 Å². The summed E-state index contributed by atoms with van der Waals surface area (Å²) in [6.07, 6.45) is 3.54. The van der Waals surface area contributed by atoms with Gasteiger partial charge in [0.25, 0.3) is 0 Å². The van der Waals surface area contributed by atoms with Crippen LogP contribution in [0, 0.1) is 5.92 Å². The van der Waals surface area contributed by atoms with Crippen molar-refractivity contribution >= 4 is 0 Å². The number of nitrogens with one attached hydrogen (secondary N) is 1. The third kappa shape index (κ3) is 5.50. The fourth-order valence-electron chi connectivity index (χ4n) is 2.38. The monoisotopic (exact) mass is 290 g/mol. The maximum atomic E-state index is 9.93. The molecule has 0 aliphatic heterocycles. The lowest BCUT2D eigenvalue weighted by Gasteiger charge is -2.26. The Morgan fingerprint density at radius 2 is 2.14 bits per heavy atom. The van der Waals surface area contributed by atoms with Crippen LogP contribution in [0.3, 0.4) is 0 Å². The predicted octanol–water partition coefficient (Wildman–Crippen LogP) is 1.79. The first kappa shape index (κ1) is 16.0. The Hall–Kier alpha value is -1.36. The Balaban J connectivity index is 1.63. The summed E-state index contributed by atoms with van der Waals surface area (Å²) < 4.78 is 5.53. The molecular weight excluding hydrogens is 264 g/mol. The van der Waals surface area contributed by atoms with E-state index in [4.69, 9.17) is 10.5 Å². The van der Waals surface area contributed by atoms with Crippen molar-refractivity contribution in [1.82, 2.24) is 5.32 Å². The van der Waals surface area contributed by atoms with E-state index in [-0.39, 0.29) is 6.04 Å². The number of aliphatic hydroxyl groups is 1. The predicted molar refractivity (Wildman–Crippen MR) is 84.6 cm³/mol. The minimum absolute atomic E-state index is 0.212. The summed E-state index contributed by atoms with van der Waals surface area (Å²) in [6.45, 7) is 3.53. The highest BCUT2D eigenvalue weighted by Gasteiger charge is 2.18. The van der Waals surface area contributed by atoms with Crippen LogP contribution in [-0.4, -0.2) is 30.4 Å². The number of rotatable bonds is 7. The molecule has 0 fully saturated rings. The van der Waals surface area contributed by atoms with E-state index in [0.717, 1.165) is 24.1 Å². The van der Waals surface area contributed by atoms with E-state index in [1.54, 1.807) is 0 Å². The summed E-state index contributed by atoms with van der Waals surface area (Å²) in [7, 11) is 0. The lowest BCUT2D eigenvalue weighted by molar-refractivity contribution is 0.0297. The molecule has 0 heterocycles. The van der Waals surface area contributed by atoms with Gasteiger partial charge in [-0.1, -0.05) is 43.3 Å². The summed E-state index contributed by atoms with van der Waals surface area (Å²) in [4.78, 5) is 0. The molecule has 4 nitrogen and oxygen atoms in total. The standard InChI is InChI=1S/C17H26N2O2/c1-13-7-8-15(9-17(13)18)19-10-16(20)12-21-11-14-5-3-2-4-6-14/h2-6,8,13,16-17,19-20H,7,9-12,18H2,1H3/t13-,16-,17+/m1/s1. The van der Waals surface area contributed by atoms with Gasteiger partial charge in [0.2, 0.25) is 0 Å². The first-order valence-electron chi connectivity index (χ1n) is 7.63. The van der Waals surface area contributed by atoms with Crippen molar-refractivity contribution in [2.24, 2.45) is 11.7 Å². The average molecular weight is 290 g/mol. The second kappa shape index (κ2) is 8.17. The number of ether oxygens (including phenoxy) is 1. The van der Waals surface area contributed by atoms with Crippen LogP contribution in [-0.2, 0) is 11.3 Å². The second-order valence-corrected chi connectivity index (χ2v) is 5.85. The van der Waals surface area contributed by atoms with Crippen molar-refractivity contribution in [2.75, 3.05) is 13.2 Å². The maximum absolute atomic E-state index is 9.93. The minimum Gasteiger partial charge on any atom is -0.389 e. The summed E-state index contributed by atoms with van der Waals surface area (Å²) in [6, 6.07) is 10.2. The molecule has 116 valence electrons. The lowest BCUT2D eigenvalue weighted by atomic mass is 9.89. The van der Waals surface area contributed by atoms with E-state index in [9.17, 15) is 5.11 Å². The molecule has 3 atom stereocenters. The normalized spacial score (nSPS) is 23.5. The molecule has 0 spiro atoms. The molecule has 0 aromatic heterocycles. The molecule has 1 aliphatic rings. The largest absolute Gasteiger partial charge is 0.389 e. The van der Waals surface area contributed by atoms with Gasteiger partial charge in [0.1, 0.15) is 0 Å². The van der Waals surface area contributed by atoms with Gasteiger partial charge in [0.15, 0.2) is 0 Å². The van der Waals surface area contributed by atoms with Crippen LogP contribution in [0.4, 0.5) is 0 Å². The second-order valence-electron chi connectivity index (χ2n) is 5.85. The highest BCUT2D eigenvalue weighted by Crippen LogP contribution is 2.20. The minimum atomic E-state index is -0.509. The van der Waals surface area contributed by atoms with Gasteiger partial charge in [-0.15, -0.1) is 0 Å². The molecule has 1 aliphatic carbocycles. The van der Waals surface area contributed by atoms with Gasteiger partial charge >= 0.3 is 0 Å². The molecular formula is C17H26N2O2. The van der Waals surface area contributed by atoms with Crippen LogP contribution in [0.1, 0.15) is 25.3 Å². The van der Waals surface area contributed by atoms with Crippen molar-refractivity contribution in [3.63, 3.8) is 0 Å². The molecule has 4 N–H and O–H groups in total. The molecule has 0 radical (unpaired) electrons. The zero-order valence-corrected chi connectivity index (χ0v) is 12.7. The van der Waals surface area contributed by atoms with E-state index in [1.165, 1.54) is 0 Å². The molecule has 0 saturated carbocycles. The summed E-state index contributed by atoms with van der Waals surface area (Å²) in [5.74, 6) is 0.537. The van der Waals surface area contributed by atoms with Crippen molar-refractivity contribution in [2.45, 2.75) is 38.5 Å². The van der Waals surface area contributed by atoms with Crippen molar-refractivity contribution in [3.8, 4) is 0 Å². The third-order valence-corrected chi connectivity index (χ3v) is 3.91. The first-order valence-corrected chi connectivity index (χ1v) is 7.63. The van der Waals surface area contributed by atoms with Crippen molar-refractivity contribution in [3.05, 3.63) is 47.7 Å². The molecule has 0 saturated heterocycles. The van der Waals surface area contributed by atoms with Crippen LogP contribution < -0.4 is 11.1 Å². The molecule has 0 unspecified atom stereocenters. The zero-order chi connectivity index (χ0) is 15.1. The maximum Gasteiger partial charge on any atom is 0.0945 e. The number of hydrogen-bond acceptors (Lipinski definition) is 4. The van der Waals surface area contributed by atoms with Crippen molar-refractivity contribution in [1.29, 1.82) is 0 Å². The Morgan fingerprint density at radius 3 is 2.86 bits per heavy atom. The highest BCUT2D eigenvalue weighted by atomic mass is 16.5. The molecule has 21 heavy (non-hydrogen) atoms. The Morgan fingerprint density at radius 1 is 1.38 bits per heavy atom. The van der Waals surface area contributed by atoms with Gasteiger partial charge in [-0.2, -0.15) is 0 Å². The third-order valence-electron chi connectivity index (χ3n) is 3.91. The van der Waals surface area contributed by atoms with Crippen LogP contribution in [0.2, 0.25) is 0 Å². The quantitative estimate of drug-likeness (QED) is 0.716. The van der Waals surface area contributed by atoms with E-state index in [2.05, 4.69) is 18.3 Å². The molecule has 1 aromatic rings. The molecule has 2 rings (SSSR count). The van der Waals surface area contributed by atoms with Gasteiger partial charge in [-0.3, -0.25) is 0 Å². The fraction of sp³-hybridized carbons (Fsp3) is 0.529. The summed E-state index contributed by atoms with van der Waals surface area (Å²) in [5, 5.41) is 13.2. The van der Waals surface area contributed by atoms with E-state index in [0.29, 0.717) is 25.7 Å². The summed E-state index contributed by atoms with van der Waals surface area (Å²) in [5.41, 5.74) is 8.31. The SMILES string of the molecule is C[C@@H]1CC=C(NC[C@@H](O)COCc2ccccc2)C[C@@H]1N. The lowest BCUT2D eigenvalue weighted by Crippen LogP contribution is -2.37. The Labute approximate surface area is 127 Å². The van der Waals surface area contributed by atoms with Gasteiger partial charge < -0.3 is 20.9 Å². The van der Waals surface area contributed by atoms with Gasteiger partial charge in [0.05, 0.1) is 19.3 Å². The van der Waals surface area contributed by atoms with Crippen LogP contribution in [0.15, 0.2) is 42.1 Å². The van der Waals surface area contributed by atoms with Crippen LogP contribution in [0.25, 0.3) is 0 Å². The fourth-order valence-corrected chi connectivity index (χ4v) is 2.38.